The molecule has 16 heavy (non-hydrogen) atoms. The number of rotatable bonds is 2. The molecule has 0 radical (unpaired) electrons. The van der Waals surface area contributed by atoms with Gasteiger partial charge in [-0.05, 0) is 24.0 Å². The second kappa shape index (κ2) is 3.91. The van der Waals surface area contributed by atoms with E-state index in [9.17, 15) is 4.79 Å². The number of aryl methyl sites for hydroxylation is 1. The fourth-order valence-corrected chi connectivity index (χ4v) is 2.62. The Morgan fingerprint density at radius 3 is 2.88 bits per heavy atom. The van der Waals surface area contributed by atoms with E-state index in [1.165, 1.54) is 11.1 Å². The van der Waals surface area contributed by atoms with E-state index in [1.54, 1.807) is 0 Å². The molecule has 2 unspecified atom stereocenters. The van der Waals surface area contributed by atoms with Gasteiger partial charge in [0, 0.05) is 12.5 Å². The molecular weight excluding hydrogens is 202 g/mol. The second-order valence-electron chi connectivity index (χ2n) is 4.47. The summed E-state index contributed by atoms with van der Waals surface area (Å²) < 4.78 is 4.96. The lowest BCUT2D eigenvalue weighted by atomic mass is 10.1. The zero-order chi connectivity index (χ0) is 11.0. The molecule has 1 aromatic carbocycles. The maximum Gasteiger partial charge on any atom is 0.323 e. The van der Waals surface area contributed by atoms with Gasteiger partial charge in [0.05, 0.1) is 6.61 Å². The van der Waals surface area contributed by atoms with Crippen molar-refractivity contribution in [3.63, 3.8) is 0 Å². The molecule has 0 spiro atoms. The summed E-state index contributed by atoms with van der Waals surface area (Å²) in [4.78, 5) is 11.4. The van der Waals surface area contributed by atoms with Crippen LogP contribution in [-0.4, -0.2) is 18.6 Å². The molecule has 2 atom stereocenters. The number of ether oxygens (including phenoxy) is 1. The number of hydrogen-bond acceptors (Lipinski definition) is 3. The van der Waals surface area contributed by atoms with E-state index < -0.39 is 0 Å². The van der Waals surface area contributed by atoms with Gasteiger partial charge in [-0.1, -0.05) is 24.3 Å². The summed E-state index contributed by atoms with van der Waals surface area (Å²) in [7, 11) is 0. The Morgan fingerprint density at radius 2 is 2.06 bits per heavy atom. The first-order chi connectivity index (χ1) is 7.84. The molecule has 0 bridgehead atoms. The number of nitrogens with one attached hydrogen (secondary N) is 1. The van der Waals surface area contributed by atoms with Crippen LogP contribution >= 0.6 is 0 Å². The molecule has 1 aliphatic heterocycles. The van der Waals surface area contributed by atoms with E-state index in [2.05, 4.69) is 29.6 Å². The predicted molar refractivity (Wildman–Crippen MR) is 60.0 cm³/mol. The quantitative estimate of drug-likeness (QED) is 0.764. The third kappa shape index (κ3) is 1.61. The maximum absolute atomic E-state index is 11.4. The molecule has 3 rings (SSSR count). The summed E-state index contributed by atoms with van der Waals surface area (Å²) in [5.74, 6) is -0.0932. The lowest BCUT2D eigenvalue weighted by molar-refractivity contribution is -0.139. The Kier molecular flexibility index (Phi) is 2.40. The van der Waals surface area contributed by atoms with Crippen molar-refractivity contribution in [2.45, 2.75) is 31.3 Å². The summed E-state index contributed by atoms with van der Waals surface area (Å²) in [6, 6.07) is 8.68. The van der Waals surface area contributed by atoms with Crippen LogP contribution in [0.3, 0.4) is 0 Å². The number of carbonyl (C=O) groups excluding carboxylic acids is 1. The lowest BCUT2D eigenvalue weighted by Gasteiger charge is -2.16. The van der Waals surface area contributed by atoms with Gasteiger partial charge in [0.15, 0.2) is 0 Å². The first-order valence-electron chi connectivity index (χ1n) is 5.85. The van der Waals surface area contributed by atoms with E-state index in [0.717, 1.165) is 19.3 Å². The molecule has 0 amide bonds. The maximum atomic E-state index is 11.4. The largest absolute Gasteiger partial charge is 0.464 e. The fourth-order valence-electron chi connectivity index (χ4n) is 2.62. The summed E-state index contributed by atoms with van der Waals surface area (Å²) in [6.07, 6.45) is 3.00. The molecular formula is C13H15NO2. The average Bonchev–Trinajstić information content (AvgIpc) is 2.88. The van der Waals surface area contributed by atoms with Crippen LogP contribution < -0.4 is 5.32 Å². The second-order valence-corrected chi connectivity index (χ2v) is 4.47. The van der Waals surface area contributed by atoms with Crippen LogP contribution in [0.15, 0.2) is 24.3 Å². The number of hydrogen-bond donors (Lipinski definition) is 1. The minimum atomic E-state index is -0.101. The molecule has 1 saturated heterocycles. The van der Waals surface area contributed by atoms with Gasteiger partial charge in [0.2, 0.25) is 0 Å². The van der Waals surface area contributed by atoms with Gasteiger partial charge in [-0.3, -0.25) is 10.1 Å². The van der Waals surface area contributed by atoms with Crippen LogP contribution in [0.2, 0.25) is 0 Å². The molecule has 1 fully saturated rings. The highest BCUT2D eigenvalue weighted by Gasteiger charge is 2.31. The van der Waals surface area contributed by atoms with Crippen molar-refractivity contribution in [3.8, 4) is 0 Å². The molecule has 0 aromatic heterocycles. The molecule has 1 aromatic rings. The third-order valence-corrected chi connectivity index (χ3v) is 3.47. The van der Waals surface area contributed by atoms with Gasteiger partial charge >= 0.3 is 5.97 Å². The Balaban J connectivity index is 1.75. The minimum absolute atomic E-state index is 0.0932. The van der Waals surface area contributed by atoms with Gasteiger partial charge in [-0.15, -0.1) is 0 Å². The van der Waals surface area contributed by atoms with Crippen molar-refractivity contribution < 1.29 is 9.53 Å². The number of cyclic esters (lactones) is 1. The van der Waals surface area contributed by atoms with Crippen molar-refractivity contribution in [2.75, 3.05) is 6.61 Å². The average molecular weight is 217 g/mol. The Labute approximate surface area is 94.8 Å². The molecule has 84 valence electrons. The van der Waals surface area contributed by atoms with Crippen LogP contribution in [0.1, 0.15) is 30.0 Å². The van der Waals surface area contributed by atoms with Gasteiger partial charge in [0.25, 0.3) is 0 Å². The zero-order valence-electron chi connectivity index (χ0n) is 9.11. The number of esters is 1. The van der Waals surface area contributed by atoms with Crippen LogP contribution in [0.25, 0.3) is 0 Å². The smallest absolute Gasteiger partial charge is 0.323 e. The van der Waals surface area contributed by atoms with Crippen LogP contribution in [0.5, 0.6) is 0 Å². The highest BCUT2D eigenvalue weighted by Crippen LogP contribution is 2.31. The minimum Gasteiger partial charge on any atom is -0.464 e. The predicted octanol–water partition coefficient (Wildman–Crippen LogP) is 1.58. The highest BCUT2D eigenvalue weighted by molar-refractivity contribution is 5.77. The molecule has 1 aliphatic carbocycles. The first-order valence-corrected chi connectivity index (χ1v) is 5.85. The topological polar surface area (TPSA) is 38.3 Å². The molecule has 3 nitrogen and oxygen atoms in total. The zero-order valence-corrected chi connectivity index (χ0v) is 9.11. The molecule has 2 aliphatic rings. The first kappa shape index (κ1) is 9.85. The summed E-state index contributed by atoms with van der Waals surface area (Å²) in [5, 5.41) is 3.41. The van der Waals surface area contributed by atoms with Crippen molar-refractivity contribution >= 4 is 5.97 Å². The summed E-state index contributed by atoms with van der Waals surface area (Å²) >= 11 is 0. The van der Waals surface area contributed by atoms with Gasteiger partial charge < -0.3 is 4.74 Å². The summed E-state index contributed by atoms with van der Waals surface area (Å²) in [6.45, 7) is 0.560. The Bertz CT molecular complexity index is 416. The van der Waals surface area contributed by atoms with E-state index in [-0.39, 0.29) is 12.0 Å². The lowest BCUT2D eigenvalue weighted by Crippen LogP contribution is -2.35. The highest BCUT2D eigenvalue weighted by atomic mass is 16.5. The van der Waals surface area contributed by atoms with E-state index in [0.29, 0.717) is 12.6 Å². The van der Waals surface area contributed by atoms with Crippen LogP contribution in [-0.2, 0) is 16.0 Å². The third-order valence-electron chi connectivity index (χ3n) is 3.47. The standard InChI is InChI=1S/C13H15NO2/c15-13-12(7-8-16-13)14-11-6-5-9-3-1-2-4-10(9)11/h1-4,11-12,14H,5-8H2. The van der Waals surface area contributed by atoms with Crippen molar-refractivity contribution in [1.82, 2.24) is 5.32 Å². The van der Waals surface area contributed by atoms with Gasteiger partial charge in [-0.25, -0.2) is 0 Å². The Hall–Kier alpha value is -1.35. The van der Waals surface area contributed by atoms with E-state index >= 15 is 0 Å². The molecule has 1 heterocycles. The van der Waals surface area contributed by atoms with Gasteiger partial charge in [0.1, 0.15) is 6.04 Å². The van der Waals surface area contributed by atoms with E-state index in [1.807, 2.05) is 0 Å². The normalized spacial score (nSPS) is 27.9. The molecule has 1 N–H and O–H groups in total. The van der Waals surface area contributed by atoms with Gasteiger partial charge in [-0.2, -0.15) is 0 Å². The fraction of sp³-hybridized carbons (Fsp3) is 0.462. The van der Waals surface area contributed by atoms with Crippen LogP contribution in [0.4, 0.5) is 0 Å². The number of carbonyl (C=O) groups is 1. The van der Waals surface area contributed by atoms with Crippen molar-refractivity contribution in [3.05, 3.63) is 35.4 Å². The van der Waals surface area contributed by atoms with E-state index in [4.69, 9.17) is 4.74 Å². The molecule has 0 saturated carbocycles. The number of fused-ring (bicyclic) bond motifs is 1. The van der Waals surface area contributed by atoms with Crippen molar-refractivity contribution in [2.24, 2.45) is 0 Å². The Morgan fingerprint density at radius 1 is 1.19 bits per heavy atom. The number of benzene rings is 1. The van der Waals surface area contributed by atoms with Crippen molar-refractivity contribution in [1.29, 1.82) is 0 Å². The monoisotopic (exact) mass is 217 g/mol. The SMILES string of the molecule is O=C1OCCC1NC1CCc2ccccc21. The van der Waals surface area contributed by atoms with Crippen LogP contribution in [0, 0.1) is 0 Å². The molecule has 3 heteroatoms. The summed E-state index contributed by atoms with van der Waals surface area (Å²) in [5.41, 5.74) is 2.76.